The first kappa shape index (κ1) is 10.4. The second-order valence-electron chi connectivity index (χ2n) is 3.29. The van der Waals surface area contributed by atoms with Gasteiger partial charge >= 0.3 is 5.97 Å². The first-order chi connectivity index (χ1) is 7.83. The molecule has 16 heavy (non-hydrogen) atoms. The normalized spacial score (nSPS) is 13.9. The molecule has 4 heteroatoms. The molecule has 0 atom stereocenters. The minimum absolute atomic E-state index is 0.335. The summed E-state index contributed by atoms with van der Waals surface area (Å²) in [7, 11) is 1.38. The van der Waals surface area contributed by atoms with E-state index in [-0.39, 0.29) is 5.97 Å². The fourth-order valence-electron chi connectivity index (χ4n) is 1.55. The maximum Gasteiger partial charge on any atom is 0.339 e. The standard InChI is InChI=1S/C12H12N2O2/c1-16-12(15)10-5-2-3-6-11(10)14-8-4-7-13-9-14/h2-8H,9H2,1H3. The van der Waals surface area contributed by atoms with Crippen LogP contribution in [0.25, 0.3) is 0 Å². The zero-order chi connectivity index (χ0) is 11.4. The van der Waals surface area contributed by atoms with Crippen molar-refractivity contribution < 1.29 is 9.53 Å². The fourth-order valence-corrected chi connectivity index (χ4v) is 1.55. The maximum atomic E-state index is 11.6. The highest BCUT2D eigenvalue weighted by Crippen LogP contribution is 2.22. The van der Waals surface area contributed by atoms with Crippen molar-refractivity contribution in [3.8, 4) is 0 Å². The van der Waals surface area contributed by atoms with Crippen molar-refractivity contribution in [1.82, 2.24) is 0 Å². The van der Waals surface area contributed by atoms with Gasteiger partial charge in [0, 0.05) is 12.4 Å². The molecule has 0 amide bonds. The number of ether oxygens (including phenoxy) is 1. The molecule has 0 aliphatic carbocycles. The smallest absolute Gasteiger partial charge is 0.339 e. The van der Waals surface area contributed by atoms with E-state index in [1.165, 1.54) is 7.11 Å². The summed E-state index contributed by atoms with van der Waals surface area (Å²) < 4.78 is 4.74. The maximum absolute atomic E-state index is 11.6. The van der Waals surface area contributed by atoms with Crippen LogP contribution >= 0.6 is 0 Å². The number of esters is 1. The Hall–Kier alpha value is -2.10. The van der Waals surface area contributed by atoms with Gasteiger partial charge in [0.1, 0.15) is 6.67 Å². The van der Waals surface area contributed by atoms with Crippen molar-refractivity contribution in [1.29, 1.82) is 0 Å². The third-order valence-electron chi connectivity index (χ3n) is 2.31. The number of nitrogens with zero attached hydrogens (tertiary/aromatic N) is 2. The van der Waals surface area contributed by atoms with Crippen LogP contribution in [0.5, 0.6) is 0 Å². The molecule has 0 unspecified atom stereocenters. The highest BCUT2D eigenvalue weighted by Gasteiger charge is 2.15. The Kier molecular flexibility index (Phi) is 3.00. The van der Waals surface area contributed by atoms with Crippen molar-refractivity contribution in [2.75, 3.05) is 18.7 Å². The summed E-state index contributed by atoms with van der Waals surface area (Å²) in [5, 5.41) is 0. The SMILES string of the molecule is COC(=O)c1ccccc1N1C=CC=NC1. The molecule has 0 aromatic heterocycles. The quantitative estimate of drug-likeness (QED) is 0.708. The summed E-state index contributed by atoms with van der Waals surface area (Å²) in [6, 6.07) is 7.31. The molecule has 1 aromatic carbocycles. The van der Waals surface area contributed by atoms with Crippen molar-refractivity contribution in [2.24, 2.45) is 4.99 Å². The first-order valence-electron chi connectivity index (χ1n) is 4.93. The summed E-state index contributed by atoms with van der Waals surface area (Å²) in [5.41, 5.74) is 1.36. The number of benzene rings is 1. The van der Waals surface area contributed by atoms with E-state index < -0.39 is 0 Å². The molecule has 1 aliphatic heterocycles. The Labute approximate surface area is 93.9 Å². The second-order valence-corrected chi connectivity index (χ2v) is 3.29. The van der Waals surface area contributed by atoms with Gasteiger partial charge in [-0.15, -0.1) is 0 Å². The second kappa shape index (κ2) is 4.61. The highest BCUT2D eigenvalue weighted by molar-refractivity contribution is 5.96. The van der Waals surface area contributed by atoms with Crippen LogP contribution in [0.2, 0.25) is 0 Å². The number of allylic oxidation sites excluding steroid dienone is 1. The van der Waals surface area contributed by atoms with E-state index in [0.29, 0.717) is 12.2 Å². The Morgan fingerprint density at radius 2 is 2.25 bits per heavy atom. The Balaban J connectivity index is 2.36. The third kappa shape index (κ3) is 1.95. The minimum atomic E-state index is -0.335. The van der Waals surface area contributed by atoms with E-state index in [4.69, 9.17) is 4.74 Å². The lowest BCUT2D eigenvalue weighted by atomic mass is 10.1. The zero-order valence-corrected chi connectivity index (χ0v) is 8.96. The average Bonchev–Trinajstić information content (AvgIpc) is 2.39. The van der Waals surface area contributed by atoms with Gasteiger partial charge in [-0.3, -0.25) is 4.99 Å². The molecule has 1 aromatic rings. The lowest BCUT2D eigenvalue weighted by Crippen LogP contribution is -2.21. The number of aliphatic imine (C=N–C) groups is 1. The van der Waals surface area contributed by atoms with E-state index >= 15 is 0 Å². The van der Waals surface area contributed by atoms with E-state index in [2.05, 4.69) is 4.99 Å². The van der Waals surface area contributed by atoms with E-state index in [0.717, 1.165) is 5.69 Å². The molecule has 0 spiro atoms. The van der Waals surface area contributed by atoms with Gasteiger partial charge in [-0.2, -0.15) is 0 Å². The van der Waals surface area contributed by atoms with Crippen LogP contribution in [0, 0.1) is 0 Å². The van der Waals surface area contributed by atoms with Gasteiger partial charge < -0.3 is 9.64 Å². The van der Waals surface area contributed by atoms with E-state index in [1.54, 1.807) is 12.3 Å². The summed E-state index contributed by atoms with van der Waals surface area (Å²) in [5.74, 6) is -0.335. The highest BCUT2D eigenvalue weighted by atomic mass is 16.5. The average molecular weight is 216 g/mol. The van der Waals surface area contributed by atoms with Crippen molar-refractivity contribution in [2.45, 2.75) is 0 Å². The number of anilines is 1. The van der Waals surface area contributed by atoms with Crippen molar-refractivity contribution >= 4 is 17.9 Å². The first-order valence-corrected chi connectivity index (χ1v) is 4.93. The molecule has 0 N–H and O–H groups in total. The number of carbonyl (C=O) groups excluding carboxylic acids is 1. The molecule has 4 nitrogen and oxygen atoms in total. The van der Waals surface area contributed by atoms with Crippen LogP contribution < -0.4 is 4.90 Å². The summed E-state index contributed by atoms with van der Waals surface area (Å²) in [6.45, 7) is 0.518. The number of methoxy groups -OCH3 is 1. The summed E-state index contributed by atoms with van der Waals surface area (Å²) in [6.07, 6.45) is 5.45. The van der Waals surface area contributed by atoms with Gasteiger partial charge in [0.15, 0.2) is 0 Å². The van der Waals surface area contributed by atoms with Gasteiger partial charge in [-0.25, -0.2) is 4.79 Å². The molecule has 0 saturated carbocycles. The van der Waals surface area contributed by atoms with Crippen LogP contribution in [0.15, 0.2) is 41.5 Å². The number of para-hydroxylation sites is 1. The molecule has 82 valence electrons. The molecule has 2 rings (SSSR count). The van der Waals surface area contributed by atoms with Crippen LogP contribution in [0.1, 0.15) is 10.4 Å². The van der Waals surface area contributed by atoms with Crippen molar-refractivity contribution in [3.63, 3.8) is 0 Å². The zero-order valence-electron chi connectivity index (χ0n) is 8.96. The predicted octanol–water partition coefficient (Wildman–Crippen LogP) is 1.84. The van der Waals surface area contributed by atoms with Crippen molar-refractivity contribution in [3.05, 3.63) is 42.1 Å². The molecule has 1 heterocycles. The molecular weight excluding hydrogens is 204 g/mol. The molecular formula is C12H12N2O2. The fraction of sp³-hybridized carbons (Fsp3) is 0.167. The lowest BCUT2D eigenvalue weighted by Gasteiger charge is -2.21. The Morgan fingerprint density at radius 1 is 1.44 bits per heavy atom. The van der Waals surface area contributed by atoms with Crippen LogP contribution in [-0.2, 0) is 4.74 Å². The van der Waals surface area contributed by atoms with Crippen LogP contribution in [0.4, 0.5) is 5.69 Å². The van der Waals surface area contributed by atoms with Gasteiger partial charge in [-0.05, 0) is 18.2 Å². The molecule has 0 bridgehead atoms. The topological polar surface area (TPSA) is 41.9 Å². The van der Waals surface area contributed by atoms with Gasteiger partial charge in [-0.1, -0.05) is 12.1 Å². The predicted molar refractivity (Wildman–Crippen MR) is 62.8 cm³/mol. The molecule has 1 aliphatic rings. The monoisotopic (exact) mass is 216 g/mol. The van der Waals surface area contributed by atoms with E-state index in [9.17, 15) is 4.79 Å². The van der Waals surface area contributed by atoms with Gasteiger partial charge in [0.2, 0.25) is 0 Å². The van der Waals surface area contributed by atoms with Gasteiger partial charge in [0.25, 0.3) is 0 Å². The van der Waals surface area contributed by atoms with Crippen LogP contribution in [-0.4, -0.2) is 26.0 Å². The molecule has 0 saturated heterocycles. The Bertz CT molecular complexity index is 452. The number of carbonyl (C=O) groups is 1. The third-order valence-corrected chi connectivity index (χ3v) is 2.31. The number of rotatable bonds is 2. The summed E-state index contributed by atoms with van der Waals surface area (Å²) in [4.78, 5) is 17.6. The lowest BCUT2D eigenvalue weighted by molar-refractivity contribution is 0.0601. The molecule has 0 fully saturated rings. The largest absolute Gasteiger partial charge is 0.465 e. The number of hydrogen-bond acceptors (Lipinski definition) is 4. The van der Waals surface area contributed by atoms with Gasteiger partial charge in [0.05, 0.1) is 18.4 Å². The number of hydrogen-bond donors (Lipinski definition) is 0. The van der Waals surface area contributed by atoms with E-state index in [1.807, 2.05) is 35.4 Å². The van der Waals surface area contributed by atoms with Crippen LogP contribution in [0.3, 0.4) is 0 Å². The molecule has 0 radical (unpaired) electrons. The summed E-state index contributed by atoms with van der Waals surface area (Å²) >= 11 is 0. The Morgan fingerprint density at radius 3 is 2.94 bits per heavy atom. The minimum Gasteiger partial charge on any atom is -0.465 e.